The average molecular weight is 325 g/mol. The molecule has 1 N–H and O–H groups in total. The molecule has 0 aromatic heterocycles. The van der Waals surface area contributed by atoms with Crippen LogP contribution in [-0.2, 0) is 9.53 Å². The Morgan fingerprint density at radius 3 is 2.50 bits per heavy atom. The Labute approximate surface area is 140 Å². The summed E-state index contributed by atoms with van der Waals surface area (Å²) in [5.74, 6) is -0.0513. The van der Waals surface area contributed by atoms with E-state index in [0.29, 0.717) is 22.6 Å². The van der Waals surface area contributed by atoms with Crippen molar-refractivity contribution in [3.63, 3.8) is 0 Å². The molecule has 0 saturated carbocycles. The zero-order valence-corrected chi connectivity index (χ0v) is 13.8. The molecule has 2 rings (SSSR count). The van der Waals surface area contributed by atoms with Crippen LogP contribution in [0.1, 0.15) is 21.5 Å². The van der Waals surface area contributed by atoms with Gasteiger partial charge in [-0.05, 0) is 36.8 Å². The zero-order chi connectivity index (χ0) is 17.5. The molecule has 0 aliphatic rings. The molecular weight excluding hydrogens is 306 g/mol. The first kappa shape index (κ1) is 17.3. The molecular formula is C19H19NO4. The molecule has 0 aliphatic heterocycles. The SMILES string of the molecule is COC(=O)c1cccc(NC(=O)/C=C/c2ccccc2OC)c1C. The van der Waals surface area contributed by atoms with Crippen molar-refractivity contribution in [2.45, 2.75) is 6.92 Å². The Morgan fingerprint density at radius 1 is 1.04 bits per heavy atom. The van der Waals surface area contributed by atoms with E-state index in [-0.39, 0.29) is 5.91 Å². The van der Waals surface area contributed by atoms with Crippen molar-refractivity contribution in [2.75, 3.05) is 19.5 Å². The second-order valence-electron chi connectivity index (χ2n) is 5.03. The number of para-hydroxylation sites is 1. The minimum Gasteiger partial charge on any atom is -0.496 e. The van der Waals surface area contributed by atoms with Crippen molar-refractivity contribution >= 4 is 23.6 Å². The fourth-order valence-corrected chi connectivity index (χ4v) is 2.25. The van der Waals surface area contributed by atoms with Gasteiger partial charge in [0.05, 0.1) is 19.8 Å². The summed E-state index contributed by atoms with van der Waals surface area (Å²) in [6.07, 6.45) is 3.09. The fraction of sp³-hybridized carbons (Fsp3) is 0.158. The van der Waals surface area contributed by atoms with Crippen molar-refractivity contribution < 1.29 is 19.1 Å². The van der Waals surface area contributed by atoms with Crippen molar-refractivity contribution in [1.82, 2.24) is 0 Å². The molecule has 5 nitrogen and oxygen atoms in total. The Kier molecular flexibility index (Phi) is 5.73. The lowest BCUT2D eigenvalue weighted by Gasteiger charge is -2.10. The minimum atomic E-state index is -0.437. The molecule has 1 amide bonds. The van der Waals surface area contributed by atoms with Crippen molar-refractivity contribution in [3.8, 4) is 5.75 Å². The number of rotatable bonds is 5. The van der Waals surface area contributed by atoms with Gasteiger partial charge < -0.3 is 14.8 Å². The summed E-state index contributed by atoms with van der Waals surface area (Å²) >= 11 is 0. The summed E-state index contributed by atoms with van der Waals surface area (Å²) in [6.45, 7) is 1.76. The Balaban J connectivity index is 2.16. The molecule has 0 atom stereocenters. The van der Waals surface area contributed by atoms with Gasteiger partial charge in [-0.1, -0.05) is 24.3 Å². The van der Waals surface area contributed by atoms with Crippen LogP contribution in [0.3, 0.4) is 0 Å². The van der Waals surface area contributed by atoms with Crippen molar-refractivity contribution in [3.05, 3.63) is 65.2 Å². The summed E-state index contributed by atoms with van der Waals surface area (Å²) in [7, 11) is 2.90. The lowest BCUT2D eigenvalue weighted by atomic mass is 10.1. The van der Waals surface area contributed by atoms with E-state index in [9.17, 15) is 9.59 Å². The third-order valence-electron chi connectivity index (χ3n) is 3.55. The molecule has 0 saturated heterocycles. The summed E-state index contributed by atoms with van der Waals surface area (Å²) in [4.78, 5) is 23.8. The molecule has 2 aromatic carbocycles. The number of benzene rings is 2. The molecule has 24 heavy (non-hydrogen) atoms. The molecule has 0 unspecified atom stereocenters. The van der Waals surface area contributed by atoms with Crippen LogP contribution >= 0.6 is 0 Å². The van der Waals surface area contributed by atoms with Crippen LogP contribution in [0.4, 0.5) is 5.69 Å². The number of anilines is 1. The number of carbonyl (C=O) groups excluding carboxylic acids is 2. The quantitative estimate of drug-likeness (QED) is 0.675. The molecule has 0 heterocycles. The largest absolute Gasteiger partial charge is 0.496 e. The number of hydrogen-bond donors (Lipinski definition) is 1. The maximum absolute atomic E-state index is 12.1. The van der Waals surface area contributed by atoms with E-state index in [2.05, 4.69) is 5.32 Å². The van der Waals surface area contributed by atoms with E-state index < -0.39 is 5.97 Å². The predicted molar refractivity (Wildman–Crippen MR) is 93.2 cm³/mol. The van der Waals surface area contributed by atoms with Gasteiger partial charge in [-0.25, -0.2) is 4.79 Å². The number of methoxy groups -OCH3 is 2. The summed E-state index contributed by atoms with van der Waals surface area (Å²) in [6, 6.07) is 12.5. The van der Waals surface area contributed by atoms with Crippen molar-refractivity contribution in [2.24, 2.45) is 0 Å². The first-order valence-corrected chi connectivity index (χ1v) is 7.37. The molecule has 0 fully saturated rings. The third-order valence-corrected chi connectivity index (χ3v) is 3.55. The molecule has 2 aromatic rings. The maximum Gasteiger partial charge on any atom is 0.338 e. The molecule has 0 aliphatic carbocycles. The van der Waals surface area contributed by atoms with Crippen LogP contribution in [0.15, 0.2) is 48.5 Å². The lowest BCUT2D eigenvalue weighted by Crippen LogP contribution is -2.11. The highest BCUT2D eigenvalue weighted by Gasteiger charge is 2.12. The molecule has 0 radical (unpaired) electrons. The third kappa shape index (κ3) is 4.01. The van der Waals surface area contributed by atoms with E-state index in [1.165, 1.54) is 13.2 Å². The molecule has 124 valence electrons. The van der Waals surface area contributed by atoms with Gasteiger partial charge in [0.1, 0.15) is 5.75 Å². The van der Waals surface area contributed by atoms with Crippen LogP contribution in [0.2, 0.25) is 0 Å². The smallest absolute Gasteiger partial charge is 0.338 e. The summed E-state index contributed by atoms with van der Waals surface area (Å²) < 4.78 is 9.96. The zero-order valence-electron chi connectivity index (χ0n) is 13.8. The van der Waals surface area contributed by atoms with Gasteiger partial charge in [-0.3, -0.25) is 4.79 Å². The Morgan fingerprint density at radius 2 is 1.79 bits per heavy atom. The first-order chi connectivity index (χ1) is 11.6. The number of hydrogen-bond acceptors (Lipinski definition) is 4. The normalized spacial score (nSPS) is 10.5. The van der Waals surface area contributed by atoms with E-state index in [0.717, 1.165) is 5.56 Å². The van der Waals surface area contributed by atoms with E-state index in [4.69, 9.17) is 9.47 Å². The van der Waals surface area contributed by atoms with E-state index in [1.807, 2.05) is 24.3 Å². The van der Waals surface area contributed by atoms with Crippen LogP contribution < -0.4 is 10.1 Å². The predicted octanol–water partition coefficient (Wildman–Crippen LogP) is 3.44. The summed E-state index contributed by atoms with van der Waals surface area (Å²) in [5.41, 5.74) is 2.44. The van der Waals surface area contributed by atoms with Crippen LogP contribution in [0.25, 0.3) is 6.08 Å². The topological polar surface area (TPSA) is 64.6 Å². The number of esters is 1. The van der Waals surface area contributed by atoms with Gasteiger partial charge in [-0.15, -0.1) is 0 Å². The van der Waals surface area contributed by atoms with Gasteiger partial charge in [-0.2, -0.15) is 0 Å². The average Bonchev–Trinajstić information content (AvgIpc) is 2.61. The van der Waals surface area contributed by atoms with Crippen LogP contribution in [0, 0.1) is 6.92 Å². The highest BCUT2D eigenvalue weighted by atomic mass is 16.5. The Hall–Kier alpha value is -3.08. The number of ether oxygens (including phenoxy) is 2. The number of amides is 1. The van der Waals surface area contributed by atoms with Crippen LogP contribution in [-0.4, -0.2) is 26.1 Å². The lowest BCUT2D eigenvalue weighted by molar-refractivity contribution is -0.111. The summed E-state index contributed by atoms with van der Waals surface area (Å²) in [5, 5.41) is 2.76. The van der Waals surface area contributed by atoms with E-state index in [1.54, 1.807) is 38.3 Å². The van der Waals surface area contributed by atoms with E-state index >= 15 is 0 Å². The first-order valence-electron chi connectivity index (χ1n) is 7.37. The van der Waals surface area contributed by atoms with Crippen molar-refractivity contribution in [1.29, 1.82) is 0 Å². The van der Waals surface area contributed by atoms with Gasteiger partial charge in [0, 0.05) is 17.3 Å². The number of nitrogens with one attached hydrogen (secondary N) is 1. The second-order valence-corrected chi connectivity index (χ2v) is 5.03. The molecule has 0 bridgehead atoms. The van der Waals surface area contributed by atoms with Gasteiger partial charge in [0.15, 0.2) is 0 Å². The standard InChI is InChI=1S/C19H19NO4/c1-13-15(19(22)24-3)8-6-9-16(13)20-18(21)12-11-14-7-4-5-10-17(14)23-2/h4-12H,1-3H3,(H,20,21)/b12-11+. The number of carbonyl (C=O) groups is 2. The molecule has 0 spiro atoms. The van der Waals surface area contributed by atoms with Crippen LogP contribution in [0.5, 0.6) is 5.75 Å². The monoisotopic (exact) mass is 325 g/mol. The highest BCUT2D eigenvalue weighted by molar-refractivity contribution is 6.03. The van der Waals surface area contributed by atoms with Gasteiger partial charge in [0.2, 0.25) is 5.91 Å². The van der Waals surface area contributed by atoms with Gasteiger partial charge >= 0.3 is 5.97 Å². The minimum absolute atomic E-state index is 0.300. The molecule has 5 heteroatoms. The fourth-order valence-electron chi connectivity index (χ4n) is 2.25. The second kappa shape index (κ2) is 7.97. The van der Waals surface area contributed by atoms with Gasteiger partial charge in [0.25, 0.3) is 0 Å². The maximum atomic E-state index is 12.1. The Bertz CT molecular complexity index is 781. The highest BCUT2D eigenvalue weighted by Crippen LogP contribution is 2.21.